The fourth-order valence-electron chi connectivity index (χ4n) is 1.92. The number of carbonyl (C=O) groups excluding carboxylic acids is 2. The predicted molar refractivity (Wildman–Crippen MR) is 85.4 cm³/mol. The predicted octanol–water partition coefficient (Wildman–Crippen LogP) is 1.86. The van der Waals surface area contributed by atoms with Gasteiger partial charge in [0.05, 0.1) is 19.4 Å². The second-order valence-corrected chi connectivity index (χ2v) is 5.09. The Hall–Kier alpha value is -2.76. The third-order valence-electron chi connectivity index (χ3n) is 3.35. The number of benzene rings is 1. The van der Waals surface area contributed by atoms with E-state index >= 15 is 0 Å². The number of hydrogen-bond acceptors (Lipinski definition) is 4. The number of carbonyl (C=O) groups is 2. The molecule has 6 heteroatoms. The molecule has 0 aliphatic rings. The summed E-state index contributed by atoms with van der Waals surface area (Å²) in [7, 11) is 1.67. The van der Waals surface area contributed by atoms with Crippen LogP contribution >= 0.6 is 0 Å². The van der Waals surface area contributed by atoms with Crippen LogP contribution in [0.3, 0.4) is 0 Å². The molecule has 1 aromatic heterocycles. The van der Waals surface area contributed by atoms with E-state index in [1.165, 1.54) is 11.2 Å². The first kappa shape index (κ1) is 16.6. The van der Waals surface area contributed by atoms with E-state index in [9.17, 15) is 9.59 Å². The van der Waals surface area contributed by atoms with Crippen molar-refractivity contribution in [2.24, 2.45) is 0 Å². The summed E-state index contributed by atoms with van der Waals surface area (Å²) in [5, 5.41) is 2.52. The lowest BCUT2D eigenvalue weighted by molar-refractivity contribution is -0.129. The summed E-state index contributed by atoms with van der Waals surface area (Å²) in [6, 6.07) is 10.9. The molecule has 2 rings (SSSR count). The Balaban J connectivity index is 1.70. The summed E-state index contributed by atoms with van der Waals surface area (Å²) in [5.74, 6) is 0.383. The molecule has 23 heavy (non-hydrogen) atoms. The van der Waals surface area contributed by atoms with Crippen LogP contribution in [0.1, 0.15) is 16.1 Å². The van der Waals surface area contributed by atoms with Crippen LogP contribution in [0, 0.1) is 6.92 Å². The zero-order valence-electron chi connectivity index (χ0n) is 13.2. The van der Waals surface area contributed by atoms with Gasteiger partial charge in [-0.1, -0.05) is 18.2 Å². The number of hydrogen-bond donors (Lipinski definition) is 1. The molecule has 1 heterocycles. The van der Waals surface area contributed by atoms with Crippen molar-refractivity contribution < 1.29 is 18.7 Å². The van der Waals surface area contributed by atoms with Crippen LogP contribution < -0.4 is 10.1 Å². The number of nitrogens with zero attached hydrogens (tertiary/aromatic N) is 1. The topological polar surface area (TPSA) is 71.8 Å². The first-order valence-electron chi connectivity index (χ1n) is 7.32. The van der Waals surface area contributed by atoms with Crippen molar-refractivity contribution in [3.63, 3.8) is 0 Å². The van der Waals surface area contributed by atoms with Gasteiger partial charge in [0.1, 0.15) is 12.4 Å². The van der Waals surface area contributed by atoms with Gasteiger partial charge in [-0.25, -0.2) is 0 Å². The lowest BCUT2D eigenvalue weighted by Gasteiger charge is -2.18. The fourth-order valence-corrected chi connectivity index (χ4v) is 1.92. The Bertz CT molecular complexity index is 652. The molecule has 1 N–H and O–H groups in total. The molecule has 0 unspecified atom stereocenters. The summed E-state index contributed by atoms with van der Waals surface area (Å²) in [6.07, 6.45) is 1.41. The van der Waals surface area contributed by atoms with Crippen molar-refractivity contribution in [2.75, 3.05) is 26.7 Å². The van der Waals surface area contributed by atoms with E-state index in [-0.39, 0.29) is 18.2 Å². The molecule has 122 valence electrons. The minimum atomic E-state index is -0.409. The summed E-state index contributed by atoms with van der Waals surface area (Å²) >= 11 is 0. The van der Waals surface area contributed by atoms with Crippen LogP contribution in [-0.2, 0) is 4.79 Å². The second-order valence-electron chi connectivity index (χ2n) is 5.09. The van der Waals surface area contributed by atoms with E-state index in [0.717, 1.165) is 11.3 Å². The number of aryl methyl sites for hydroxylation is 1. The molecule has 0 radical (unpaired) electrons. The third-order valence-corrected chi connectivity index (χ3v) is 3.35. The van der Waals surface area contributed by atoms with E-state index in [1.54, 1.807) is 19.2 Å². The largest absolute Gasteiger partial charge is 0.491 e. The van der Waals surface area contributed by atoms with Crippen molar-refractivity contribution in [3.05, 3.63) is 54.0 Å². The van der Waals surface area contributed by atoms with Gasteiger partial charge >= 0.3 is 0 Å². The van der Waals surface area contributed by atoms with Crippen molar-refractivity contribution in [1.29, 1.82) is 0 Å². The number of nitrogens with one attached hydrogen (secondary N) is 1. The quantitative estimate of drug-likeness (QED) is 0.846. The smallest absolute Gasteiger partial charge is 0.287 e. The molecule has 2 aromatic rings. The van der Waals surface area contributed by atoms with Gasteiger partial charge in [-0.3, -0.25) is 9.59 Å². The highest BCUT2D eigenvalue weighted by molar-refractivity contribution is 5.94. The van der Waals surface area contributed by atoms with Crippen molar-refractivity contribution in [1.82, 2.24) is 10.2 Å². The van der Waals surface area contributed by atoms with Gasteiger partial charge in [-0.05, 0) is 30.7 Å². The molecule has 0 saturated carbocycles. The van der Waals surface area contributed by atoms with Crippen LogP contribution in [0.15, 0.2) is 47.1 Å². The van der Waals surface area contributed by atoms with Gasteiger partial charge in [0.15, 0.2) is 5.76 Å². The Morgan fingerprint density at radius 1 is 1.22 bits per heavy atom. The monoisotopic (exact) mass is 316 g/mol. The normalized spacial score (nSPS) is 10.2. The molecule has 2 amide bonds. The minimum Gasteiger partial charge on any atom is -0.491 e. The Morgan fingerprint density at radius 3 is 2.70 bits per heavy atom. The number of amides is 2. The number of likely N-dealkylation sites (N-methyl/N-ethyl adjacent to an activating group) is 1. The van der Waals surface area contributed by atoms with Crippen LogP contribution in [0.5, 0.6) is 5.75 Å². The van der Waals surface area contributed by atoms with E-state index in [1.807, 2.05) is 31.2 Å². The number of ether oxygens (including phenoxy) is 1. The molecule has 0 fully saturated rings. The van der Waals surface area contributed by atoms with Crippen LogP contribution in [0.4, 0.5) is 0 Å². The van der Waals surface area contributed by atoms with E-state index in [4.69, 9.17) is 9.15 Å². The van der Waals surface area contributed by atoms with Gasteiger partial charge in [-0.2, -0.15) is 0 Å². The average Bonchev–Trinajstić information content (AvgIpc) is 3.08. The molecule has 0 saturated heterocycles. The lowest BCUT2D eigenvalue weighted by Crippen LogP contribution is -2.39. The van der Waals surface area contributed by atoms with Gasteiger partial charge in [-0.15, -0.1) is 0 Å². The molecule has 0 aliphatic carbocycles. The SMILES string of the molecule is Cc1ccccc1OCCN(C)C(=O)CNC(=O)c1ccco1. The van der Waals surface area contributed by atoms with E-state index in [0.29, 0.717) is 13.2 Å². The maximum absolute atomic E-state index is 12.0. The molecular formula is C17H20N2O4. The van der Waals surface area contributed by atoms with Crippen molar-refractivity contribution in [3.8, 4) is 5.75 Å². The first-order valence-corrected chi connectivity index (χ1v) is 7.32. The molecule has 6 nitrogen and oxygen atoms in total. The Morgan fingerprint density at radius 2 is 2.00 bits per heavy atom. The molecule has 0 spiro atoms. The number of furan rings is 1. The maximum atomic E-state index is 12.0. The zero-order valence-corrected chi connectivity index (χ0v) is 13.2. The number of rotatable bonds is 7. The zero-order chi connectivity index (χ0) is 16.7. The summed E-state index contributed by atoms with van der Waals surface area (Å²) in [4.78, 5) is 25.1. The average molecular weight is 316 g/mol. The Kier molecular flexibility index (Phi) is 5.80. The lowest BCUT2D eigenvalue weighted by atomic mass is 10.2. The van der Waals surface area contributed by atoms with Crippen LogP contribution in [-0.4, -0.2) is 43.5 Å². The Labute approximate surface area is 135 Å². The number of para-hydroxylation sites is 1. The third kappa shape index (κ3) is 4.88. The fraction of sp³-hybridized carbons (Fsp3) is 0.294. The highest BCUT2D eigenvalue weighted by atomic mass is 16.5. The highest BCUT2D eigenvalue weighted by Crippen LogP contribution is 2.15. The maximum Gasteiger partial charge on any atom is 0.287 e. The van der Waals surface area contributed by atoms with Crippen LogP contribution in [0.2, 0.25) is 0 Å². The summed E-state index contributed by atoms with van der Waals surface area (Å²) in [5.41, 5.74) is 1.05. The van der Waals surface area contributed by atoms with Crippen molar-refractivity contribution >= 4 is 11.8 Å². The van der Waals surface area contributed by atoms with E-state index in [2.05, 4.69) is 5.32 Å². The first-order chi connectivity index (χ1) is 11.1. The van der Waals surface area contributed by atoms with Gasteiger partial charge in [0.2, 0.25) is 5.91 Å². The summed E-state index contributed by atoms with van der Waals surface area (Å²) in [6.45, 7) is 2.71. The highest BCUT2D eigenvalue weighted by Gasteiger charge is 2.13. The molecule has 1 aromatic carbocycles. The standard InChI is InChI=1S/C17H20N2O4/c1-13-6-3-4-7-14(13)23-11-9-19(2)16(20)12-18-17(21)15-8-5-10-22-15/h3-8,10H,9,11-12H2,1-2H3,(H,18,21). The van der Waals surface area contributed by atoms with Gasteiger partial charge in [0, 0.05) is 7.05 Å². The van der Waals surface area contributed by atoms with Crippen LogP contribution in [0.25, 0.3) is 0 Å². The minimum absolute atomic E-state index is 0.0829. The second kappa shape index (κ2) is 8.03. The molecule has 0 atom stereocenters. The summed E-state index contributed by atoms with van der Waals surface area (Å²) < 4.78 is 10.6. The van der Waals surface area contributed by atoms with Gasteiger partial charge < -0.3 is 19.4 Å². The molecule has 0 bridgehead atoms. The van der Waals surface area contributed by atoms with Gasteiger partial charge in [0.25, 0.3) is 5.91 Å². The van der Waals surface area contributed by atoms with E-state index < -0.39 is 5.91 Å². The molecular weight excluding hydrogens is 296 g/mol. The molecule has 0 aliphatic heterocycles. The van der Waals surface area contributed by atoms with Crippen molar-refractivity contribution in [2.45, 2.75) is 6.92 Å².